The molecular formula is C20H25N5O2. The fraction of sp³-hybridized carbons (Fsp3) is 0.450. The fourth-order valence-corrected chi connectivity index (χ4v) is 4.05. The van der Waals surface area contributed by atoms with Crippen molar-refractivity contribution in [2.24, 2.45) is 0 Å². The van der Waals surface area contributed by atoms with Crippen LogP contribution in [0.4, 0.5) is 16.2 Å². The van der Waals surface area contributed by atoms with Gasteiger partial charge in [-0.05, 0) is 56.0 Å². The van der Waals surface area contributed by atoms with Gasteiger partial charge in [-0.1, -0.05) is 0 Å². The van der Waals surface area contributed by atoms with Crippen molar-refractivity contribution in [2.75, 3.05) is 29.9 Å². The zero-order valence-corrected chi connectivity index (χ0v) is 15.6. The molecule has 2 aliphatic rings. The Balaban J connectivity index is 1.42. The van der Waals surface area contributed by atoms with Gasteiger partial charge in [0.2, 0.25) is 5.91 Å². The predicted molar refractivity (Wildman–Crippen MR) is 104 cm³/mol. The summed E-state index contributed by atoms with van der Waals surface area (Å²) in [4.78, 5) is 28.4. The van der Waals surface area contributed by atoms with E-state index >= 15 is 0 Å². The Bertz CT molecular complexity index is 833. The highest BCUT2D eigenvalue weighted by Crippen LogP contribution is 2.29. The normalized spacial score (nSPS) is 20.2. The molecule has 3 amide bonds. The number of nitrogens with zero attached hydrogens (tertiary/aromatic N) is 3. The molecule has 27 heavy (non-hydrogen) atoms. The predicted octanol–water partition coefficient (Wildman–Crippen LogP) is 3.26. The molecule has 4 rings (SSSR count). The molecule has 142 valence electrons. The summed E-state index contributed by atoms with van der Waals surface area (Å²) in [5.74, 6) is 0.477. The zero-order valence-electron chi connectivity index (χ0n) is 15.6. The van der Waals surface area contributed by atoms with E-state index in [9.17, 15) is 9.59 Å². The molecule has 7 heteroatoms. The number of H-pyrrole nitrogens is 1. The molecule has 2 fully saturated rings. The molecule has 1 unspecified atom stereocenters. The highest BCUT2D eigenvalue weighted by Gasteiger charge is 2.26. The first-order valence-corrected chi connectivity index (χ1v) is 9.58. The summed E-state index contributed by atoms with van der Waals surface area (Å²) in [5.41, 5.74) is 3.78. The summed E-state index contributed by atoms with van der Waals surface area (Å²) in [7, 11) is 0. The lowest BCUT2D eigenvalue weighted by Crippen LogP contribution is -2.41. The van der Waals surface area contributed by atoms with Gasteiger partial charge in [0.05, 0.1) is 0 Å². The number of aromatic amines is 1. The van der Waals surface area contributed by atoms with Crippen LogP contribution in [0.15, 0.2) is 30.5 Å². The SMILES string of the molecule is Cc1cc(NC(=O)N2CCCC(c3ccn[nH]3)C2)ccc1N1CCCC1=O. The van der Waals surface area contributed by atoms with Gasteiger partial charge in [0.15, 0.2) is 0 Å². The number of urea groups is 1. The van der Waals surface area contributed by atoms with Crippen molar-refractivity contribution in [1.82, 2.24) is 15.1 Å². The van der Waals surface area contributed by atoms with Crippen LogP contribution in [0.2, 0.25) is 0 Å². The summed E-state index contributed by atoms with van der Waals surface area (Å²) >= 11 is 0. The van der Waals surface area contributed by atoms with Crippen molar-refractivity contribution in [3.8, 4) is 0 Å². The summed E-state index contributed by atoms with van der Waals surface area (Å²) in [5, 5.41) is 10.0. The van der Waals surface area contributed by atoms with E-state index in [1.165, 1.54) is 0 Å². The molecule has 1 atom stereocenters. The molecule has 1 aromatic heterocycles. The highest BCUT2D eigenvalue weighted by atomic mass is 16.2. The third-order valence-electron chi connectivity index (χ3n) is 5.48. The summed E-state index contributed by atoms with van der Waals surface area (Å²) in [6.45, 7) is 4.20. The smallest absolute Gasteiger partial charge is 0.321 e. The molecule has 0 saturated carbocycles. The fourth-order valence-electron chi connectivity index (χ4n) is 4.05. The van der Waals surface area contributed by atoms with Crippen molar-refractivity contribution in [3.05, 3.63) is 41.7 Å². The topological polar surface area (TPSA) is 81.3 Å². The van der Waals surface area contributed by atoms with Gasteiger partial charge in [-0.25, -0.2) is 4.79 Å². The Kier molecular flexibility index (Phi) is 4.83. The number of hydrogen-bond acceptors (Lipinski definition) is 3. The van der Waals surface area contributed by atoms with E-state index in [1.54, 1.807) is 6.20 Å². The minimum absolute atomic E-state index is 0.0800. The molecule has 2 saturated heterocycles. The minimum atomic E-state index is -0.0800. The van der Waals surface area contributed by atoms with Crippen LogP contribution < -0.4 is 10.2 Å². The lowest BCUT2D eigenvalue weighted by atomic mass is 9.95. The average Bonchev–Trinajstić information content (AvgIpc) is 3.34. The van der Waals surface area contributed by atoms with Gasteiger partial charge >= 0.3 is 6.03 Å². The standard InChI is InChI=1S/C20H25N5O2/c1-14-12-16(6-7-18(14)25-11-3-5-19(25)26)22-20(27)24-10-2-4-15(13-24)17-8-9-21-23-17/h6-9,12,15H,2-5,10-11,13H2,1H3,(H,21,23)(H,22,27). The number of amides is 3. The molecule has 2 aromatic rings. The number of anilines is 2. The zero-order chi connectivity index (χ0) is 18.8. The van der Waals surface area contributed by atoms with Crippen LogP contribution >= 0.6 is 0 Å². The number of rotatable bonds is 3. The quantitative estimate of drug-likeness (QED) is 0.874. The third-order valence-corrected chi connectivity index (χ3v) is 5.48. The number of piperidine rings is 1. The Morgan fingerprint density at radius 1 is 1.26 bits per heavy atom. The Morgan fingerprint density at radius 2 is 2.15 bits per heavy atom. The van der Waals surface area contributed by atoms with Gasteiger partial charge in [0, 0.05) is 55.2 Å². The van der Waals surface area contributed by atoms with Crippen molar-refractivity contribution >= 4 is 23.3 Å². The lowest BCUT2D eigenvalue weighted by molar-refractivity contribution is -0.117. The van der Waals surface area contributed by atoms with Crippen molar-refractivity contribution in [2.45, 2.75) is 38.5 Å². The molecule has 0 bridgehead atoms. The van der Waals surface area contributed by atoms with Crippen LogP contribution in [0.3, 0.4) is 0 Å². The Morgan fingerprint density at radius 3 is 2.85 bits per heavy atom. The third kappa shape index (κ3) is 3.67. The second-order valence-electron chi connectivity index (χ2n) is 7.38. The number of aryl methyl sites for hydroxylation is 1. The van der Waals surface area contributed by atoms with Crippen molar-refractivity contribution in [3.63, 3.8) is 0 Å². The van der Waals surface area contributed by atoms with Crippen LogP contribution in [0.25, 0.3) is 0 Å². The maximum absolute atomic E-state index is 12.7. The van der Waals surface area contributed by atoms with Crippen LogP contribution in [-0.4, -0.2) is 46.7 Å². The average molecular weight is 367 g/mol. The molecule has 0 spiro atoms. The first-order valence-electron chi connectivity index (χ1n) is 9.58. The molecule has 7 nitrogen and oxygen atoms in total. The maximum atomic E-state index is 12.7. The molecule has 2 N–H and O–H groups in total. The monoisotopic (exact) mass is 367 g/mol. The first kappa shape index (κ1) is 17.6. The van der Waals surface area contributed by atoms with Crippen LogP contribution in [0, 0.1) is 6.92 Å². The van der Waals surface area contributed by atoms with E-state index in [-0.39, 0.29) is 11.9 Å². The second kappa shape index (κ2) is 7.42. The maximum Gasteiger partial charge on any atom is 0.321 e. The van der Waals surface area contributed by atoms with Crippen molar-refractivity contribution in [1.29, 1.82) is 0 Å². The van der Waals surface area contributed by atoms with Crippen LogP contribution in [0.5, 0.6) is 0 Å². The number of carbonyl (C=O) groups is 2. The molecular weight excluding hydrogens is 342 g/mol. The first-order chi connectivity index (χ1) is 13.1. The number of hydrogen-bond donors (Lipinski definition) is 2. The van der Waals surface area contributed by atoms with Gasteiger partial charge in [-0.2, -0.15) is 5.10 Å². The summed E-state index contributed by atoms with van der Waals surface area (Å²) in [6.07, 6.45) is 5.31. The van der Waals surface area contributed by atoms with E-state index in [4.69, 9.17) is 0 Å². The minimum Gasteiger partial charge on any atom is -0.324 e. The van der Waals surface area contributed by atoms with E-state index in [0.29, 0.717) is 18.9 Å². The van der Waals surface area contributed by atoms with Gasteiger partial charge in [-0.3, -0.25) is 9.89 Å². The number of likely N-dealkylation sites (tertiary alicyclic amines) is 1. The number of carbonyl (C=O) groups excluding carboxylic acids is 2. The Hall–Kier alpha value is -2.83. The van der Waals surface area contributed by atoms with E-state index in [1.807, 2.05) is 41.0 Å². The number of benzene rings is 1. The molecule has 0 aliphatic carbocycles. The highest BCUT2D eigenvalue weighted by molar-refractivity contribution is 5.97. The van der Waals surface area contributed by atoms with Gasteiger partial charge in [-0.15, -0.1) is 0 Å². The molecule has 0 radical (unpaired) electrons. The van der Waals surface area contributed by atoms with E-state index < -0.39 is 0 Å². The van der Waals surface area contributed by atoms with Crippen LogP contribution in [0.1, 0.15) is 42.9 Å². The number of nitrogens with one attached hydrogen (secondary N) is 2. The lowest BCUT2D eigenvalue weighted by Gasteiger charge is -2.32. The second-order valence-corrected chi connectivity index (χ2v) is 7.38. The molecule has 2 aliphatic heterocycles. The Labute approximate surface area is 158 Å². The van der Waals surface area contributed by atoms with Gasteiger partial charge < -0.3 is 15.1 Å². The van der Waals surface area contributed by atoms with E-state index in [0.717, 1.165) is 55.0 Å². The largest absolute Gasteiger partial charge is 0.324 e. The molecule has 3 heterocycles. The van der Waals surface area contributed by atoms with Gasteiger partial charge in [0.1, 0.15) is 0 Å². The van der Waals surface area contributed by atoms with Crippen molar-refractivity contribution < 1.29 is 9.59 Å². The molecule has 1 aromatic carbocycles. The van der Waals surface area contributed by atoms with Gasteiger partial charge in [0.25, 0.3) is 0 Å². The van der Waals surface area contributed by atoms with Crippen LogP contribution in [-0.2, 0) is 4.79 Å². The number of aromatic nitrogens is 2. The summed E-state index contributed by atoms with van der Waals surface area (Å²) in [6, 6.07) is 7.65. The summed E-state index contributed by atoms with van der Waals surface area (Å²) < 4.78 is 0. The van der Waals surface area contributed by atoms with E-state index in [2.05, 4.69) is 15.5 Å².